The fourth-order valence-corrected chi connectivity index (χ4v) is 1.30. The number of nitrogen functional groups attached to an aromatic ring is 1. The topological polar surface area (TPSA) is 52.3 Å². The van der Waals surface area contributed by atoms with E-state index in [0.29, 0.717) is 11.3 Å². The maximum atomic E-state index is 11.2. The highest BCUT2D eigenvalue weighted by Crippen LogP contribution is 2.20. The van der Waals surface area contributed by atoms with E-state index in [1.807, 2.05) is 19.9 Å². The predicted molar refractivity (Wildman–Crippen MR) is 54.7 cm³/mol. The number of carbonyl (C=O) groups excluding carboxylic acids is 1. The minimum Gasteiger partial charge on any atom is -0.398 e. The Bertz CT molecular complexity index is 350. The molecule has 0 atom stereocenters. The number of carbonyl (C=O) groups is 1. The fourth-order valence-electron chi connectivity index (χ4n) is 1.20. The van der Waals surface area contributed by atoms with E-state index in [4.69, 9.17) is 5.73 Å². The van der Waals surface area contributed by atoms with Crippen molar-refractivity contribution in [1.82, 2.24) is 0 Å². The Morgan fingerprint density at radius 1 is 1.46 bits per heavy atom. The zero-order valence-corrected chi connectivity index (χ0v) is 8.39. The molecular formula is C9H11NO2S. The van der Waals surface area contributed by atoms with Gasteiger partial charge in [0, 0.05) is 18.6 Å². The molecule has 1 rings (SSSR count). The minimum absolute atomic E-state index is 0.368. The van der Waals surface area contributed by atoms with Crippen molar-refractivity contribution in [2.24, 2.45) is 0 Å². The van der Waals surface area contributed by atoms with E-state index in [-0.39, 0.29) is 0 Å². The number of rotatable bonds is 1. The molecule has 13 heavy (non-hydrogen) atoms. The maximum absolute atomic E-state index is 11.2. The third-order valence-corrected chi connectivity index (χ3v) is 2.00. The number of anilines is 1. The Morgan fingerprint density at radius 2 is 2.08 bits per heavy atom. The lowest BCUT2D eigenvalue weighted by atomic mass is 10.0. The molecular weight excluding hydrogens is 186 g/mol. The van der Waals surface area contributed by atoms with Crippen LogP contribution in [0, 0.1) is 13.8 Å². The zero-order chi connectivity index (χ0) is 10.0. The summed E-state index contributed by atoms with van der Waals surface area (Å²) in [6.07, 6.45) is 0. The first-order valence-corrected chi connectivity index (χ1v) is 4.15. The van der Waals surface area contributed by atoms with Crippen molar-refractivity contribution in [3.63, 3.8) is 0 Å². The first-order valence-electron chi connectivity index (χ1n) is 3.78. The molecule has 0 aromatic heterocycles. The molecule has 0 saturated carbocycles. The molecule has 0 aliphatic heterocycles. The van der Waals surface area contributed by atoms with Gasteiger partial charge in [-0.3, -0.25) is 0 Å². The molecule has 1 aromatic rings. The highest BCUT2D eigenvalue weighted by Gasteiger charge is 2.12. The summed E-state index contributed by atoms with van der Waals surface area (Å²) in [6, 6.07) is 3.59. The van der Waals surface area contributed by atoms with Crippen LogP contribution in [-0.4, -0.2) is 5.97 Å². The van der Waals surface area contributed by atoms with Gasteiger partial charge in [0.2, 0.25) is 0 Å². The molecule has 0 fully saturated rings. The number of hydrogen-bond acceptors (Lipinski definition) is 4. The number of hydrogen-bond donors (Lipinski definition) is 2. The van der Waals surface area contributed by atoms with Crippen molar-refractivity contribution in [3.8, 4) is 0 Å². The number of benzene rings is 1. The smallest absolute Gasteiger partial charge is 0.352 e. The van der Waals surface area contributed by atoms with E-state index in [9.17, 15) is 4.79 Å². The number of nitrogens with two attached hydrogens (primary N) is 1. The third-order valence-electron chi connectivity index (χ3n) is 1.83. The van der Waals surface area contributed by atoms with E-state index in [1.165, 1.54) is 0 Å². The lowest BCUT2D eigenvalue weighted by Crippen LogP contribution is -2.05. The Morgan fingerprint density at radius 3 is 2.62 bits per heavy atom. The highest BCUT2D eigenvalue weighted by atomic mass is 32.1. The van der Waals surface area contributed by atoms with E-state index in [1.54, 1.807) is 6.07 Å². The molecule has 0 spiro atoms. The van der Waals surface area contributed by atoms with Crippen molar-refractivity contribution in [3.05, 3.63) is 28.8 Å². The summed E-state index contributed by atoms with van der Waals surface area (Å²) < 4.78 is 4.30. The van der Waals surface area contributed by atoms with Crippen molar-refractivity contribution >= 4 is 24.6 Å². The van der Waals surface area contributed by atoms with Gasteiger partial charge in [-0.05, 0) is 31.0 Å². The SMILES string of the molecule is Cc1cc(C)c(N)c(C(=O)OS)c1. The first kappa shape index (κ1) is 9.92. The van der Waals surface area contributed by atoms with E-state index in [2.05, 4.69) is 17.1 Å². The number of aryl methyl sites for hydroxylation is 2. The summed E-state index contributed by atoms with van der Waals surface area (Å²) in [4.78, 5) is 11.2. The van der Waals surface area contributed by atoms with Gasteiger partial charge in [0.15, 0.2) is 0 Å². The molecule has 0 heterocycles. The summed E-state index contributed by atoms with van der Waals surface area (Å²) >= 11 is 3.44. The number of thiol groups is 1. The second-order valence-electron chi connectivity index (χ2n) is 2.92. The predicted octanol–water partition coefficient (Wildman–Crippen LogP) is 1.89. The van der Waals surface area contributed by atoms with Gasteiger partial charge in [-0.2, -0.15) is 0 Å². The van der Waals surface area contributed by atoms with Crippen molar-refractivity contribution < 1.29 is 8.98 Å². The lowest BCUT2D eigenvalue weighted by Gasteiger charge is -2.07. The average molecular weight is 197 g/mol. The van der Waals surface area contributed by atoms with Crippen LogP contribution in [-0.2, 0) is 4.18 Å². The molecule has 0 amide bonds. The summed E-state index contributed by atoms with van der Waals surface area (Å²) in [6.45, 7) is 3.74. The average Bonchev–Trinajstić information content (AvgIpc) is 2.10. The Balaban J connectivity index is 3.28. The second kappa shape index (κ2) is 3.70. The van der Waals surface area contributed by atoms with Crippen LogP contribution in [0.1, 0.15) is 21.5 Å². The fraction of sp³-hybridized carbons (Fsp3) is 0.222. The monoisotopic (exact) mass is 197 g/mol. The standard InChI is InChI=1S/C9H11NO2S/c1-5-3-6(2)8(10)7(4-5)9(11)12-13/h3-4,13H,10H2,1-2H3. The van der Waals surface area contributed by atoms with Crippen molar-refractivity contribution in [1.29, 1.82) is 0 Å². The molecule has 0 bridgehead atoms. The van der Waals surface area contributed by atoms with Crippen LogP contribution in [0.2, 0.25) is 0 Å². The van der Waals surface area contributed by atoms with Crippen LogP contribution in [0.5, 0.6) is 0 Å². The van der Waals surface area contributed by atoms with Gasteiger partial charge in [0.05, 0.1) is 5.56 Å². The van der Waals surface area contributed by atoms with Gasteiger partial charge < -0.3 is 9.92 Å². The largest absolute Gasteiger partial charge is 0.398 e. The molecule has 1 aromatic carbocycles. The molecule has 4 heteroatoms. The Hall–Kier alpha value is -1.16. The van der Waals surface area contributed by atoms with Gasteiger partial charge in [-0.15, -0.1) is 0 Å². The maximum Gasteiger partial charge on any atom is 0.352 e. The molecule has 3 nitrogen and oxygen atoms in total. The van der Waals surface area contributed by atoms with Crippen molar-refractivity contribution in [2.75, 3.05) is 5.73 Å². The quantitative estimate of drug-likeness (QED) is 0.410. The summed E-state index contributed by atoms with van der Waals surface area (Å²) in [5.41, 5.74) is 8.35. The van der Waals surface area contributed by atoms with E-state index in [0.717, 1.165) is 11.1 Å². The van der Waals surface area contributed by atoms with Crippen LogP contribution >= 0.6 is 12.9 Å². The molecule has 2 N–H and O–H groups in total. The molecule has 0 saturated heterocycles. The third kappa shape index (κ3) is 1.95. The normalized spacial score (nSPS) is 9.77. The molecule has 0 radical (unpaired) electrons. The van der Waals surface area contributed by atoms with Gasteiger partial charge in [-0.25, -0.2) is 4.79 Å². The van der Waals surface area contributed by atoms with Gasteiger partial charge in [0.25, 0.3) is 0 Å². The lowest BCUT2D eigenvalue weighted by molar-refractivity contribution is 0.0773. The van der Waals surface area contributed by atoms with Crippen molar-refractivity contribution in [2.45, 2.75) is 13.8 Å². The van der Waals surface area contributed by atoms with Crippen LogP contribution in [0.4, 0.5) is 5.69 Å². The Labute approximate surface area is 82.5 Å². The zero-order valence-electron chi connectivity index (χ0n) is 7.50. The Kier molecular flexibility index (Phi) is 2.83. The molecule has 0 aliphatic rings. The molecule has 70 valence electrons. The summed E-state index contributed by atoms with van der Waals surface area (Å²) in [5.74, 6) is -0.521. The van der Waals surface area contributed by atoms with E-state index < -0.39 is 5.97 Å². The van der Waals surface area contributed by atoms with Crippen LogP contribution in [0.25, 0.3) is 0 Å². The van der Waals surface area contributed by atoms with Gasteiger partial charge in [0.1, 0.15) is 0 Å². The first-order chi connectivity index (χ1) is 6.06. The minimum atomic E-state index is -0.521. The van der Waals surface area contributed by atoms with Gasteiger partial charge in [-0.1, -0.05) is 6.07 Å². The molecule has 0 aliphatic carbocycles. The van der Waals surface area contributed by atoms with E-state index >= 15 is 0 Å². The highest BCUT2D eigenvalue weighted by molar-refractivity contribution is 7.75. The molecule has 0 unspecified atom stereocenters. The van der Waals surface area contributed by atoms with Crippen LogP contribution in [0.15, 0.2) is 12.1 Å². The van der Waals surface area contributed by atoms with Crippen LogP contribution < -0.4 is 5.73 Å². The van der Waals surface area contributed by atoms with Crippen LogP contribution in [0.3, 0.4) is 0 Å². The summed E-state index contributed by atoms with van der Waals surface area (Å²) in [5, 5.41) is 0. The second-order valence-corrected chi connectivity index (χ2v) is 3.10. The summed E-state index contributed by atoms with van der Waals surface area (Å²) in [7, 11) is 0. The van der Waals surface area contributed by atoms with Gasteiger partial charge >= 0.3 is 5.97 Å².